The fraction of sp³-hybridized carbons (Fsp3) is 0.333. The van der Waals surface area contributed by atoms with Crippen molar-refractivity contribution >= 4 is 22.5 Å². The highest BCUT2D eigenvalue weighted by Gasteiger charge is 2.21. The van der Waals surface area contributed by atoms with Crippen LogP contribution in [0.3, 0.4) is 0 Å². The number of nitrogens with zero attached hydrogens (tertiary/aromatic N) is 2. The van der Waals surface area contributed by atoms with Crippen molar-refractivity contribution in [3.05, 3.63) is 60.3 Å². The van der Waals surface area contributed by atoms with Crippen LogP contribution >= 0.6 is 0 Å². The predicted molar refractivity (Wildman–Crippen MR) is 100 cm³/mol. The fourth-order valence-electron chi connectivity index (χ4n) is 3.71. The lowest BCUT2D eigenvalue weighted by atomic mass is 9.89. The molecule has 1 aliphatic rings. The molecule has 2 aromatic carbocycles. The van der Waals surface area contributed by atoms with Crippen LogP contribution in [-0.2, 0) is 11.3 Å². The van der Waals surface area contributed by atoms with E-state index in [2.05, 4.69) is 52.9 Å². The van der Waals surface area contributed by atoms with Crippen molar-refractivity contribution in [3.63, 3.8) is 0 Å². The molecular formula is C21H23N3O. The third kappa shape index (κ3) is 3.58. The summed E-state index contributed by atoms with van der Waals surface area (Å²) in [5.41, 5.74) is 1.23. The number of hydrogen-bond acceptors (Lipinski definition) is 2. The summed E-state index contributed by atoms with van der Waals surface area (Å²) in [4.78, 5) is 12.3. The molecule has 0 atom stereocenters. The van der Waals surface area contributed by atoms with Crippen molar-refractivity contribution in [1.82, 2.24) is 9.78 Å². The number of amides is 1. The maximum Gasteiger partial charge on any atom is 0.228 e. The van der Waals surface area contributed by atoms with E-state index >= 15 is 0 Å². The van der Waals surface area contributed by atoms with Gasteiger partial charge >= 0.3 is 0 Å². The van der Waals surface area contributed by atoms with Gasteiger partial charge in [0.05, 0.1) is 6.54 Å². The molecule has 4 rings (SSSR count). The number of carbonyl (C=O) groups is 1. The Bertz CT molecular complexity index is 872. The van der Waals surface area contributed by atoms with E-state index < -0.39 is 0 Å². The molecule has 3 aromatic rings. The second-order valence-corrected chi connectivity index (χ2v) is 6.86. The van der Waals surface area contributed by atoms with Gasteiger partial charge in [-0.05, 0) is 29.2 Å². The van der Waals surface area contributed by atoms with Crippen LogP contribution in [0.15, 0.2) is 54.7 Å². The first kappa shape index (κ1) is 15.9. The first-order valence-corrected chi connectivity index (χ1v) is 9.10. The Morgan fingerprint density at radius 3 is 2.72 bits per heavy atom. The Hall–Kier alpha value is -2.62. The maximum atomic E-state index is 12.3. The average Bonchev–Trinajstić information content (AvgIpc) is 3.09. The van der Waals surface area contributed by atoms with Crippen LogP contribution < -0.4 is 5.32 Å². The Morgan fingerprint density at radius 2 is 1.84 bits per heavy atom. The standard InChI is InChI=1S/C21H23N3O/c25-21(17-8-2-1-3-9-17)22-20-13-14-24(23-20)15-18-11-6-10-16-7-4-5-12-19(16)18/h4-7,10-14,17H,1-3,8-9,15H2,(H,22,23,25). The molecule has 0 radical (unpaired) electrons. The van der Waals surface area contributed by atoms with Gasteiger partial charge in [0.2, 0.25) is 5.91 Å². The SMILES string of the molecule is O=C(Nc1ccn(Cc2cccc3ccccc23)n1)C1CCCCC1. The number of nitrogens with one attached hydrogen (secondary N) is 1. The minimum atomic E-state index is 0.120. The second-order valence-electron chi connectivity index (χ2n) is 6.86. The van der Waals surface area contributed by atoms with Gasteiger partial charge in [0, 0.05) is 18.2 Å². The molecule has 4 nitrogen and oxygen atoms in total. The van der Waals surface area contributed by atoms with Gasteiger partial charge in [-0.25, -0.2) is 0 Å². The molecule has 1 amide bonds. The van der Waals surface area contributed by atoms with E-state index in [4.69, 9.17) is 0 Å². The van der Waals surface area contributed by atoms with Gasteiger partial charge in [-0.15, -0.1) is 0 Å². The molecule has 0 spiro atoms. The number of rotatable bonds is 4. The molecule has 128 valence electrons. The minimum absolute atomic E-state index is 0.120. The van der Waals surface area contributed by atoms with Gasteiger partial charge in [-0.2, -0.15) is 5.10 Å². The summed E-state index contributed by atoms with van der Waals surface area (Å²) < 4.78 is 1.89. The van der Waals surface area contributed by atoms with E-state index in [1.807, 2.05) is 16.9 Å². The van der Waals surface area contributed by atoms with Gasteiger partial charge in [0.25, 0.3) is 0 Å². The smallest absolute Gasteiger partial charge is 0.228 e. The number of benzene rings is 2. The van der Waals surface area contributed by atoms with Crippen LogP contribution in [0.2, 0.25) is 0 Å². The normalized spacial score (nSPS) is 15.4. The summed E-state index contributed by atoms with van der Waals surface area (Å²) >= 11 is 0. The van der Waals surface area contributed by atoms with Crippen LogP contribution in [0, 0.1) is 5.92 Å². The molecule has 1 aromatic heterocycles. The minimum Gasteiger partial charge on any atom is -0.309 e. The largest absolute Gasteiger partial charge is 0.309 e. The zero-order chi connectivity index (χ0) is 17.1. The Kier molecular flexibility index (Phi) is 4.51. The van der Waals surface area contributed by atoms with Gasteiger partial charge in [0.1, 0.15) is 0 Å². The molecule has 1 heterocycles. The van der Waals surface area contributed by atoms with Crippen LogP contribution in [0.4, 0.5) is 5.82 Å². The highest BCUT2D eigenvalue weighted by atomic mass is 16.2. The summed E-state index contributed by atoms with van der Waals surface area (Å²) in [6.45, 7) is 0.695. The van der Waals surface area contributed by atoms with Gasteiger partial charge in [-0.3, -0.25) is 9.48 Å². The van der Waals surface area contributed by atoms with E-state index in [9.17, 15) is 4.79 Å². The molecule has 0 aliphatic heterocycles. The highest BCUT2D eigenvalue weighted by Crippen LogP contribution is 2.25. The van der Waals surface area contributed by atoms with E-state index in [1.54, 1.807) is 0 Å². The number of aromatic nitrogens is 2. The molecule has 25 heavy (non-hydrogen) atoms. The van der Waals surface area contributed by atoms with Crippen molar-refractivity contribution in [2.24, 2.45) is 5.92 Å². The first-order valence-electron chi connectivity index (χ1n) is 9.10. The molecule has 0 unspecified atom stereocenters. The van der Waals surface area contributed by atoms with E-state index in [0.29, 0.717) is 12.4 Å². The molecule has 4 heteroatoms. The van der Waals surface area contributed by atoms with Crippen molar-refractivity contribution < 1.29 is 4.79 Å². The molecule has 0 bridgehead atoms. The lowest BCUT2D eigenvalue weighted by Crippen LogP contribution is -2.25. The summed E-state index contributed by atoms with van der Waals surface area (Å²) in [6, 6.07) is 16.6. The summed E-state index contributed by atoms with van der Waals surface area (Å²) in [7, 11) is 0. The van der Waals surface area contributed by atoms with Crippen molar-refractivity contribution in [1.29, 1.82) is 0 Å². The summed E-state index contributed by atoms with van der Waals surface area (Å²) in [6.07, 6.45) is 7.51. The van der Waals surface area contributed by atoms with Crippen LogP contribution in [0.5, 0.6) is 0 Å². The van der Waals surface area contributed by atoms with E-state index in [1.165, 1.54) is 22.8 Å². The third-order valence-corrected chi connectivity index (χ3v) is 5.08. The number of anilines is 1. The van der Waals surface area contributed by atoms with Crippen LogP contribution in [-0.4, -0.2) is 15.7 Å². The topological polar surface area (TPSA) is 46.9 Å². The Balaban J connectivity index is 1.46. The lowest BCUT2D eigenvalue weighted by molar-refractivity contribution is -0.120. The van der Waals surface area contributed by atoms with Crippen LogP contribution in [0.1, 0.15) is 37.7 Å². The molecule has 1 fully saturated rings. The lowest BCUT2D eigenvalue weighted by Gasteiger charge is -2.19. The summed E-state index contributed by atoms with van der Waals surface area (Å²) in [5, 5.41) is 9.99. The molecule has 1 N–H and O–H groups in total. The van der Waals surface area contributed by atoms with Gasteiger partial charge < -0.3 is 5.32 Å². The molecular weight excluding hydrogens is 310 g/mol. The number of carbonyl (C=O) groups excluding carboxylic acids is 1. The van der Waals surface area contributed by atoms with E-state index in [-0.39, 0.29) is 11.8 Å². The fourth-order valence-corrected chi connectivity index (χ4v) is 3.71. The zero-order valence-corrected chi connectivity index (χ0v) is 14.3. The third-order valence-electron chi connectivity index (χ3n) is 5.08. The Labute approximate surface area is 147 Å². The predicted octanol–water partition coefficient (Wildman–Crippen LogP) is 4.60. The van der Waals surface area contributed by atoms with Crippen molar-refractivity contribution in [2.75, 3.05) is 5.32 Å². The van der Waals surface area contributed by atoms with E-state index in [0.717, 1.165) is 25.7 Å². The molecule has 1 aliphatic carbocycles. The second kappa shape index (κ2) is 7.09. The van der Waals surface area contributed by atoms with Crippen LogP contribution in [0.25, 0.3) is 10.8 Å². The summed E-state index contributed by atoms with van der Waals surface area (Å²) in [5.74, 6) is 0.919. The molecule has 0 saturated heterocycles. The Morgan fingerprint density at radius 1 is 1.04 bits per heavy atom. The molecule has 1 saturated carbocycles. The number of fused-ring (bicyclic) bond motifs is 1. The monoisotopic (exact) mass is 333 g/mol. The average molecular weight is 333 g/mol. The van der Waals surface area contributed by atoms with Gasteiger partial charge in [0.15, 0.2) is 5.82 Å². The first-order chi connectivity index (χ1) is 12.3. The zero-order valence-electron chi connectivity index (χ0n) is 14.3. The highest BCUT2D eigenvalue weighted by molar-refractivity contribution is 5.91. The number of hydrogen-bond donors (Lipinski definition) is 1. The van der Waals surface area contributed by atoms with Crippen molar-refractivity contribution in [3.8, 4) is 0 Å². The van der Waals surface area contributed by atoms with Crippen molar-refractivity contribution in [2.45, 2.75) is 38.6 Å². The maximum absolute atomic E-state index is 12.3. The van der Waals surface area contributed by atoms with Gasteiger partial charge in [-0.1, -0.05) is 61.7 Å². The quantitative estimate of drug-likeness (QED) is 0.758.